The minimum absolute atomic E-state index is 0.0618. The smallest absolute Gasteiger partial charge is 0.283 e. The molecule has 0 radical (unpaired) electrons. The quantitative estimate of drug-likeness (QED) is 0.188. The second-order valence-corrected chi connectivity index (χ2v) is 13.2. The van der Waals surface area contributed by atoms with E-state index in [1.54, 1.807) is 4.40 Å². The lowest BCUT2D eigenvalue weighted by atomic mass is 10.1. The van der Waals surface area contributed by atoms with Gasteiger partial charge in [0.2, 0.25) is 5.78 Å². The molecule has 5 aromatic rings. The molecule has 6 rings (SSSR count). The van der Waals surface area contributed by atoms with Crippen LogP contribution in [0.5, 0.6) is 0 Å². The number of nitrogens with zero attached hydrogens (tertiary/aromatic N) is 5. The number of nitrogens with one attached hydrogen (secondary N) is 1. The summed E-state index contributed by atoms with van der Waals surface area (Å²) in [6.45, 7) is 14.4. The van der Waals surface area contributed by atoms with E-state index >= 15 is 0 Å². The zero-order valence-electron chi connectivity index (χ0n) is 26.2. The summed E-state index contributed by atoms with van der Waals surface area (Å²) in [5, 5.41) is 0.948. The Morgan fingerprint density at radius 2 is 1.65 bits per heavy atom. The molecule has 1 fully saturated rings. The fraction of sp³-hybridized carbons (Fsp3) is 0.514. The number of hydrogen-bond acceptors (Lipinski definition) is 4. The lowest BCUT2D eigenvalue weighted by Crippen LogP contribution is -2.34. The third-order valence-electron chi connectivity index (χ3n) is 9.05. The maximum Gasteiger partial charge on any atom is 0.283 e. The second kappa shape index (κ2) is 12.5. The van der Waals surface area contributed by atoms with Crippen molar-refractivity contribution in [1.29, 1.82) is 0 Å². The number of aromatic amines is 1. The molecule has 0 atom stereocenters. The van der Waals surface area contributed by atoms with Gasteiger partial charge in [-0.05, 0) is 87.8 Å². The number of aromatic nitrogens is 4. The molecule has 8 nitrogen and oxygen atoms in total. The summed E-state index contributed by atoms with van der Waals surface area (Å²) in [5.74, 6) is 1.75. The van der Waals surface area contributed by atoms with Crippen LogP contribution in [0, 0.1) is 11.8 Å². The first-order valence-corrected chi connectivity index (χ1v) is 16.3. The van der Waals surface area contributed by atoms with Gasteiger partial charge in [-0.1, -0.05) is 52.3 Å². The zero-order valence-corrected chi connectivity index (χ0v) is 26.2. The van der Waals surface area contributed by atoms with Gasteiger partial charge in [0.1, 0.15) is 11.0 Å². The van der Waals surface area contributed by atoms with Crippen molar-refractivity contribution in [3.63, 3.8) is 0 Å². The minimum Gasteiger partial charge on any atom is -0.349 e. The van der Waals surface area contributed by atoms with Crippen molar-refractivity contribution in [2.24, 2.45) is 11.8 Å². The minimum atomic E-state index is -0.106. The Labute approximate surface area is 253 Å². The van der Waals surface area contributed by atoms with Gasteiger partial charge in [-0.2, -0.15) is 0 Å². The summed E-state index contributed by atoms with van der Waals surface area (Å²) in [7, 11) is 0. The van der Waals surface area contributed by atoms with Crippen LogP contribution in [-0.2, 0) is 6.54 Å². The van der Waals surface area contributed by atoms with Crippen LogP contribution in [0.1, 0.15) is 76.6 Å². The number of aryl methyl sites for hydroxylation is 1. The standard InChI is InChI=1S/C35H46N6O2/c1-24(2)15-21-39(22-16-25(3)4)33(42)26-13-14-29-30(23-26)40(20-10-19-38-17-8-5-9-18-38)35-37-31-27-11-6-7-12-28(27)36-32(31)34(43)41(29)35/h6-7,11-14,23-25,36H,5,8-10,15-22H2,1-4H3. The van der Waals surface area contributed by atoms with Crippen molar-refractivity contribution < 1.29 is 4.79 Å². The lowest BCUT2D eigenvalue weighted by Gasteiger charge is -2.26. The summed E-state index contributed by atoms with van der Waals surface area (Å²) in [5.41, 5.74) is 4.37. The number of imidazole rings is 1. The summed E-state index contributed by atoms with van der Waals surface area (Å²) in [6, 6.07) is 13.8. The summed E-state index contributed by atoms with van der Waals surface area (Å²) < 4.78 is 3.91. The molecule has 0 saturated carbocycles. The average Bonchev–Trinajstić information content (AvgIpc) is 3.53. The molecule has 2 aromatic carbocycles. The molecule has 1 amide bonds. The highest BCUT2D eigenvalue weighted by Crippen LogP contribution is 2.27. The second-order valence-electron chi connectivity index (χ2n) is 13.2. The number of benzene rings is 2. The summed E-state index contributed by atoms with van der Waals surface area (Å²) in [6.07, 6.45) is 6.75. The molecule has 228 valence electrons. The van der Waals surface area contributed by atoms with Gasteiger partial charge in [0.15, 0.2) is 0 Å². The number of piperidine rings is 1. The Morgan fingerprint density at radius 3 is 2.37 bits per heavy atom. The molecule has 1 N–H and O–H groups in total. The first-order chi connectivity index (χ1) is 20.8. The topological polar surface area (TPSA) is 78.6 Å². The predicted octanol–water partition coefficient (Wildman–Crippen LogP) is 6.69. The van der Waals surface area contributed by atoms with E-state index in [-0.39, 0.29) is 11.5 Å². The number of likely N-dealkylation sites (tertiary alicyclic amines) is 1. The average molecular weight is 583 g/mol. The van der Waals surface area contributed by atoms with Crippen molar-refractivity contribution in [2.45, 2.75) is 72.8 Å². The molecule has 0 bridgehead atoms. The molecule has 4 heterocycles. The van der Waals surface area contributed by atoms with Gasteiger partial charge in [-0.25, -0.2) is 9.38 Å². The van der Waals surface area contributed by atoms with Crippen LogP contribution in [0.2, 0.25) is 0 Å². The number of rotatable bonds is 11. The largest absolute Gasteiger partial charge is 0.349 e. The number of para-hydroxylation sites is 1. The third kappa shape index (κ3) is 5.94. The molecule has 1 aliphatic heterocycles. The molecule has 0 unspecified atom stereocenters. The van der Waals surface area contributed by atoms with E-state index in [0.717, 1.165) is 80.5 Å². The van der Waals surface area contributed by atoms with Gasteiger partial charge >= 0.3 is 0 Å². The number of hydrogen-bond donors (Lipinski definition) is 1. The van der Waals surface area contributed by atoms with Crippen molar-refractivity contribution in [2.75, 3.05) is 32.7 Å². The van der Waals surface area contributed by atoms with Crippen molar-refractivity contribution >= 4 is 44.7 Å². The predicted molar refractivity (Wildman–Crippen MR) is 176 cm³/mol. The lowest BCUT2D eigenvalue weighted by molar-refractivity contribution is 0.0741. The SMILES string of the molecule is CC(C)CCN(CCC(C)C)C(=O)c1ccc2c(c1)n(CCCN1CCCCC1)c1nc3c([nH]c4ccccc43)c(=O)n21. The molecular weight excluding hydrogens is 536 g/mol. The van der Waals surface area contributed by atoms with Crippen LogP contribution in [0.25, 0.3) is 38.7 Å². The Hall–Kier alpha value is -3.65. The van der Waals surface area contributed by atoms with Gasteiger partial charge in [-0.3, -0.25) is 9.59 Å². The van der Waals surface area contributed by atoms with E-state index in [4.69, 9.17) is 4.98 Å². The molecule has 0 aliphatic carbocycles. The summed E-state index contributed by atoms with van der Waals surface area (Å²) >= 11 is 0. The molecule has 0 spiro atoms. The number of amides is 1. The molecule has 1 aliphatic rings. The molecule has 8 heteroatoms. The van der Waals surface area contributed by atoms with Crippen LogP contribution in [0.3, 0.4) is 0 Å². The fourth-order valence-corrected chi connectivity index (χ4v) is 6.50. The van der Waals surface area contributed by atoms with E-state index in [2.05, 4.69) is 42.1 Å². The first kappa shape index (κ1) is 29.4. The number of carbonyl (C=O) groups is 1. The maximum absolute atomic E-state index is 14.0. The van der Waals surface area contributed by atoms with Crippen LogP contribution >= 0.6 is 0 Å². The van der Waals surface area contributed by atoms with Gasteiger partial charge in [0.05, 0.1) is 11.0 Å². The maximum atomic E-state index is 14.0. The number of fused-ring (bicyclic) bond motifs is 6. The normalized spacial score (nSPS) is 14.7. The Balaban J connectivity index is 1.45. The van der Waals surface area contributed by atoms with E-state index in [9.17, 15) is 9.59 Å². The van der Waals surface area contributed by atoms with Crippen molar-refractivity contribution in [1.82, 2.24) is 28.7 Å². The van der Waals surface area contributed by atoms with E-state index < -0.39 is 0 Å². The Bertz CT molecular complexity index is 1790. The Morgan fingerprint density at radius 1 is 0.930 bits per heavy atom. The highest BCUT2D eigenvalue weighted by molar-refractivity contribution is 6.05. The van der Waals surface area contributed by atoms with Gasteiger partial charge < -0.3 is 19.4 Å². The van der Waals surface area contributed by atoms with Crippen LogP contribution in [-0.4, -0.2) is 67.4 Å². The van der Waals surface area contributed by atoms with Gasteiger partial charge in [-0.15, -0.1) is 0 Å². The molecule has 1 saturated heterocycles. The summed E-state index contributed by atoms with van der Waals surface area (Å²) in [4.78, 5) is 41.0. The van der Waals surface area contributed by atoms with E-state index in [1.165, 1.54) is 19.3 Å². The van der Waals surface area contributed by atoms with Gasteiger partial charge in [0, 0.05) is 36.1 Å². The third-order valence-corrected chi connectivity index (χ3v) is 9.05. The van der Waals surface area contributed by atoms with Crippen molar-refractivity contribution in [3.05, 3.63) is 58.4 Å². The van der Waals surface area contributed by atoms with E-state index in [1.807, 2.05) is 47.4 Å². The number of H-pyrrole nitrogens is 1. The van der Waals surface area contributed by atoms with Crippen LogP contribution in [0.4, 0.5) is 0 Å². The van der Waals surface area contributed by atoms with Crippen molar-refractivity contribution in [3.8, 4) is 0 Å². The van der Waals surface area contributed by atoms with E-state index in [0.29, 0.717) is 34.2 Å². The van der Waals surface area contributed by atoms with Crippen LogP contribution < -0.4 is 5.56 Å². The first-order valence-electron chi connectivity index (χ1n) is 16.3. The highest BCUT2D eigenvalue weighted by atomic mass is 16.2. The molecule has 3 aromatic heterocycles. The molecular formula is C35H46N6O2. The Kier molecular flexibility index (Phi) is 8.57. The highest BCUT2D eigenvalue weighted by Gasteiger charge is 2.22. The molecule has 43 heavy (non-hydrogen) atoms. The van der Waals surface area contributed by atoms with Gasteiger partial charge in [0.25, 0.3) is 11.5 Å². The van der Waals surface area contributed by atoms with Crippen LogP contribution in [0.15, 0.2) is 47.3 Å². The fourth-order valence-electron chi connectivity index (χ4n) is 6.50. The number of carbonyl (C=O) groups excluding carboxylic acids is 1. The zero-order chi connectivity index (χ0) is 30.1. The monoisotopic (exact) mass is 582 g/mol.